The molecule has 1 aliphatic rings. The molecule has 2 aromatic carbocycles. The molecule has 0 fully saturated rings. The number of ether oxygens (including phenoxy) is 1. The minimum absolute atomic E-state index is 0.256. The molecule has 0 aliphatic carbocycles. The number of halogens is 1. The summed E-state index contributed by atoms with van der Waals surface area (Å²) in [6, 6.07) is 12.9. The smallest absolute Gasteiger partial charge is 0.310 e. The summed E-state index contributed by atoms with van der Waals surface area (Å²) in [7, 11) is 1.39. The van der Waals surface area contributed by atoms with Crippen LogP contribution in [0.3, 0.4) is 0 Å². The minimum atomic E-state index is -0.383. The van der Waals surface area contributed by atoms with Crippen molar-refractivity contribution in [2.24, 2.45) is 11.8 Å². The maximum absolute atomic E-state index is 12.6. The summed E-state index contributed by atoms with van der Waals surface area (Å²) in [6.07, 6.45) is 2.72. The van der Waals surface area contributed by atoms with Crippen molar-refractivity contribution < 1.29 is 19.1 Å². The van der Waals surface area contributed by atoms with Crippen molar-refractivity contribution in [2.75, 3.05) is 25.5 Å². The zero-order valence-electron chi connectivity index (χ0n) is 22.8. The van der Waals surface area contributed by atoms with Crippen LogP contribution < -0.4 is 5.32 Å². The maximum atomic E-state index is 12.6. The predicted molar refractivity (Wildman–Crippen MR) is 155 cm³/mol. The molecule has 0 bridgehead atoms. The number of hydrogen-bond acceptors (Lipinski definition) is 7. The number of unbranched alkanes of at least 4 members (excludes halogenated alkanes) is 1. The number of aromatic nitrogens is 1. The number of anilines is 1. The molecule has 39 heavy (non-hydrogen) atoms. The van der Waals surface area contributed by atoms with E-state index in [9.17, 15) is 14.4 Å². The maximum Gasteiger partial charge on any atom is 0.310 e. The molecule has 1 N–H and O–H groups in total. The zero-order chi connectivity index (χ0) is 28.1. The fourth-order valence-electron chi connectivity index (χ4n) is 4.69. The van der Waals surface area contributed by atoms with Gasteiger partial charge in [0, 0.05) is 28.6 Å². The number of amides is 2. The third kappa shape index (κ3) is 6.68. The Morgan fingerprint density at radius 1 is 1.10 bits per heavy atom. The molecule has 1 aliphatic heterocycles. The fraction of sp³-hybridized carbons (Fsp3) is 0.400. The molecule has 2 heterocycles. The Morgan fingerprint density at radius 3 is 2.41 bits per heavy atom. The fourth-order valence-corrected chi connectivity index (χ4v) is 6.07. The number of carbonyl (C=O) groups is 3. The van der Waals surface area contributed by atoms with Crippen molar-refractivity contribution in [3.63, 3.8) is 0 Å². The Hall–Kier alpha value is -3.23. The van der Waals surface area contributed by atoms with E-state index in [0.29, 0.717) is 54.4 Å². The average Bonchev–Trinajstić information content (AvgIpc) is 3.42. The monoisotopic (exact) mass is 567 g/mol. The Kier molecular flexibility index (Phi) is 9.40. The Labute approximate surface area is 238 Å². The number of benzene rings is 2. The lowest BCUT2D eigenvalue weighted by Crippen LogP contribution is -2.31. The topological polar surface area (TPSA) is 88.6 Å². The molecule has 1 atom stereocenters. The van der Waals surface area contributed by atoms with Gasteiger partial charge in [-0.05, 0) is 55.9 Å². The molecule has 1 unspecified atom stereocenters. The second-order valence-corrected chi connectivity index (χ2v) is 11.7. The first-order valence-corrected chi connectivity index (χ1v) is 14.4. The van der Waals surface area contributed by atoms with Crippen LogP contribution in [-0.2, 0) is 16.0 Å². The number of nitrogens with one attached hydrogen (secondary N) is 1. The predicted octanol–water partition coefficient (Wildman–Crippen LogP) is 6.64. The van der Waals surface area contributed by atoms with Crippen LogP contribution >= 0.6 is 22.9 Å². The van der Waals surface area contributed by atoms with E-state index in [1.165, 1.54) is 16.9 Å². The number of thiazole rings is 1. The highest BCUT2D eigenvalue weighted by Crippen LogP contribution is 2.35. The van der Waals surface area contributed by atoms with Crippen LogP contribution in [0, 0.1) is 18.8 Å². The number of fused-ring (bicyclic) bond motifs is 1. The molecule has 0 saturated carbocycles. The van der Waals surface area contributed by atoms with Crippen molar-refractivity contribution in [2.45, 2.75) is 46.5 Å². The molecular formula is C30H34ClN3O4S. The number of aryl methyl sites for hydroxylation is 1. The van der Waals surface area contributed by atoms with Crippen molar-refractivity contribution in [1.82, 2.24) is 9.88 Å². The highest BCUT2D eigenvalue weighted by atomic mass is 35.5. The van der Waals surface area contributed by atoms with Crippen molar-refractivity contribution >= 4 is 45.9 Å². The number of carbonyl (C=O) groups excluding carboxylic acids is 3. The number of rotatable bonds is 12. The molecule has 206 valence electrons. The molecule has 2 amide bonds. The first kappa shape index (κ1) is 28.8. The first-order valence-electron chi connectivity index (χ1n) is 13.2. The number of imide groups is 1. The van der Waals surface area contributed by atoms with Crippen molar-refractivity contribution in [3.8, 4) is 11.3 Å². The van der Waals surface area contributed by atoms with Gasteiger partial charge in [-0.1, -0.05) is 56.1 Å². The standard InChI is InChI=1S/C30H34ClN3O4S/c1-18(2)15-25-26(20-13-12-19(3)24(31)16-20)33-30(39-25)32-17-21(29(37)38-4)9-7-8-14-34-27(35)22-10-5-6-11-23(22)28(34)36/h5-6,10-13,16,18,21H,7-9,14-15,17H2,1-4H3,(H,32,33). The van der Waals surface area contributed by atoms with Gasteiger partial charge in [-0.15, -0.1) is 11.3 Å². The lowest BCUT2D eigenvalue weighted by Gasteiger charge is -2.17. The Bertz CT molecular complexity index is 1330. The summed E-state index contributed by atoms with van der Waals surface area (Å²) in [5, 5.41) is 4.81. The summed E-state index contributed by atoms with van der Waals surface area (Å²) >= 11 is 7.99. The van der Waals surface area contributed by atoms with Crippen molar-refractivity contribution in [3.05, 3.63) is 69.1 Å². The second-order valence-electron chi connectivity index (χ2n) is 10.3. The van der Waals surface area contributed by atoms with Gasteiger partial charge in [0.2, 0.25) is 0 Å². The third-order valence-corrected chi connectivity index (χ3v) is 8.28. The molecule has 0 saturated heterocycles. The normalized spacial score (nSPS) is 13.6. The second kappa shape index (κ2) is 12.7. The van der Waals surface area contributed by atoms with E-state index in [1.54, 1.807) is 35.6 Å². The summed E-state index contributed by atoms with van der Waals surface area (Å²) in [5.74, 6) is -0.732. The van der Waals surface area contributed by atoms with E-state index in [4.69, 9.17) is 21.3 Å². The van der Waals surface area contributed by atoms with Crippen LogP contribution in [0.1, 0.15) is 64.3 Å². The van der Waals surface area contributed by atoms with Crippen LogP contribution in [-0.4, -0.2) is 47.9 Å². The van der Waals surface area contributed by atoms with Crippen LogP contribution in [0.5, 0.6) is 0 Å². The van der Waals surface area contributed by atoms with E-state index in [1.807, 2.05) is 25.1 Å². The molecular weight excluding hydrogens is 534 g/mol. The molecule has 4 rings (SSSR count). The highest BCUT2D eigenvalue weighted by Gasteiger charge is 2.34. The van der Waals surface area contributed by atoms with Gasteiger partial charge in [-0.3, -0.25) is 19.3 Å². The van der Waals surface area contributed by atoms with Gasteiger partial charge in [0.15, 0.2) is 5.13 Å². The van der Waals surface area contributed by atoms with Gasteiger partial charge in [-0.2, -0.15) is 0 Å². The molecule has 1 aromatic heterocycles. The van der Waals surface area contributed by atoms with Gasteiger partial charge < -0.3 is 10.1 Å². The van der Waals surface area contributed by atoms with E-state index >= 15 is 0 Å². The van der Waals surface area contributed by atoms with Gasteiger partial charge in [0.1, 0.15) is 0 Å². The van der Waals surface area contributed by atoms with Crippen LogP contribution in [0.2, 0.25) is 5.02 Å². The SMILES string of the molecule is COC(=O)C(CCCCN1C(=O)c2ccccc2C1=O)CNc1nc(-c2ccc(C)c(Cl)c2)c(CC(C)C)s1. The lowest BCUT2D eigenvalue weighted by molar-refractivity contribution is -0.145. The van der Waals surface area contributed by atoms with Crippen LogP contribution in [0.4, 0.5) is 5.13 Å². The van der Waals surface area contributed by atoms with Crippen LogP contribution in [0.15, 0.2) is 42.5 Å². The number of hydrogen-bond donors (Lipinski definition) is 1. The summed E-state index contributed by atoms with van der Waals surface area (Å²) < 4.78 is 5.05. The molecule has 3 aromatic rings. The third-order valence-electron chi connectivity index (χ3n) is 6.83. The molecule has 7 nitrogen and oxygen atoms in total. The quantitative estimate of drug-likeness (QED) is 0.150. The van der Waals surface area contributed by atoms with Crippen molar-refractivity contribution in [1.29, 1.82) is 0 Å². The Balaban J connectivity index is 1.37. The first-order chi connectivity index (χ1) is 18.7. The molecule has 0 spiro atoms. The summed E-state index contributed by atoms with van der Waals surface area (Å²) in [4.78, 5) is 45.0. The van der Waals surface area contributed by atoms with E-state index in [-0.39, 0.29) is 23.7 Å². The van der Waals surface area contributed by atoms with E-state index < -0.39 is 0 Å². The van der Waals surface area contributed by atoms with Gasteiger partial charge >= 0.3 is 5.97 Å². The average molecular weight is 568 g/mol. The van der Waals surface area contributed by atoms with E-state index in [0.717, 1.165) is 28.4 Å². The molecule has 0 radical (unpaired) electrons. The highest BCUT2D eigenvalue weighted by molar-refractivity contribution is 7.16. The number of esters is 1. The largest absolute Gasteiger partial charge is 0.469 e. The number of nitrogens with zero attached hydrogens (tertiary/aromatic N) is 2. The minimum Gasteiger partial charge on any atom is -0.469 e. The molecule has 9 heteroatoms. The summed E-state index contributed by atoms with van der Waals surface area (Å²) in [6.45, 7) is 7.02. The lowest BCUT2D eigenvalue weighted by atomic mass is 10.0. The van der Waals surface area contributed by atoms with Gasteiger partial charge in [0.25, 0.3) is 11.8 Å². The van der Waals surface area contributed by atoms with Gasteiger partial charge in [0.05, 0.1) is 29.8 Å². The van der Waals surface area contributed by atoms with E-state index in [2.05, 4.69) is 19.2 Å². The van der Waals surface area contributed by atoms with Crippen LogP contribution in [0.25, 0.3) is 11.3 Å². The zero-order valence-corrected chi connectivity index (χ0v) is 24.3. The Morgan fingerprint density at radius 2 is 1.79 bits per heavy atom. The summed E-state index contributed by atoms with van der Waals surface area (Å²) in [5.41, 5.74) is 3.80. The number of methoxy groups -OCH3 is 1. The van der Waals surface area contributed by atoms with Gasteiger partial charge in [-0.25, -0.2) is 4.98 Å².